The molecular formula is C13H29N. The van der Waals surface area contributed by atoms with Crippen molar-refractivity contribution in [1.29, 1.82) is 0 Å². The summed E-state index contributed by atoms with van der Waals surface area (Å²) < 4.78 is 0. The lowest BCUT2D eigenvalue weighted by atomic mass is 10.1. The zero-order valence-corrected chi connectivity index (χ0v) is 10.8. The van der Waals surface area contributed by atoms with Crippen LogP contribution in [-0.2, 0) is 0 Å². The van der Waals surface area contributed by atoms with Gasteiger partial charge in [0, 0.05) is 6.04 Å². The summed E-state index contributed by atoms with van der Waals surface area (Å²) in [6.45, 7) is 14.1. The first kappa shape index (κ1) is 14.0. The van der Waals surface area contributed by atoms with Gasteiger partial charge in [-0.05, 0) is 45.2 Å². The molecule has 0 aliphatic rings. The van der Waals surface area contributed by atoms with Gasteiger partial charge in [0.05, 0.1) is 0 Å². The molecule has 0 aromatic carbocycles. The van der Waals surface area contributed by atoms with E-state index < -0.39 is 0 Å². The lowest BCUT2D eigenvalue weighted by molar-refractivity contribution is 0.188. The van der Waals surface area contributed by atoms with Gasteiger partial charge in [0.2, 0.25) is 0 Å². The first-order valence-electron chi connectivity index (χ1n) is 6.35. The Morgan fingerprint density at radius 2 is 1.50 bits per heavy atom. The van der Waals surface area contributed by atoms with Crippen molar-refractivity contribution >= 4 is 0 Å². The fraction of sp³-hybridized carbons (Fsp3) is 1.00. The van der Waals surface area contributed by atoms with Crippen LogP contribution in [0.25, 0.3) is 0 Å². The fourth-order valence-corrected chi connectivity index (χ4v) is 1.86. The summed E-state index contributed by atoms with van der Waals surface area (Å²) in [5.41, 5.74) is 0. The summed E-state index contributed by atoms with van der Waals surface area (Å²) in [7, 11) is 0. The van der Waals surface area contributed by atoms with E-state index in [0.717, 1.165) is 12.0 Å². The first-order valence-corrected chi connectivity index (χ1v) is 6.35. The van der Waals surface area contributed by atoms with Crippen molar-refractivity contribution in [1.82, 2.24) is 4.90 Å². The zero-order valence-electron chi connectivity index (χ0n) is 10.8. The minimum absolute atomic E-state index is 0.777. The summed E-state index contributed by atoms with van der Waals surface area (Å²) in [6, 6.07) is 0.777. The van der Waals surface area contributed by atoms with Crippen molar-refractivity contribution < 1.29 is 0 Å². The second kappa shape index (κ2) is 8.28. The molecule has 1 unspecified atom stereocenters. The van der Waals surface area contributed by atoms with E-state index in [0.29, 0.717) is 0 Å². The van der Waals surface area contributed by atoms with E-state index in [9.17, 15) is 0 Å². The lowest BCUT2D eigenvalue weighted by Crippen LogP contribution is -2.35. The van der Waals surface area contributed by atoms with Crippen LogP contribution in [0, 0.1) is 5.92 Å². The van der Waals surface area contributed by atoms with Gasteiger partial charge >= 0.3 is 0 Å². The molecule has 0 aliphatic carbocycles. The highest BCUT2D eigenvalue weighted by molar-refractivity contribution is 4.67. The maximum absolute atomic E-state index is 2.66. The topological polar surface area (TPSA) is 3.24 Å². The Balaban J connectivity index is 3.86. The van der Waals surface area contributed by atoms with Crippen LogP contribution < -0.4 is 0 Å². The Bertz CT molecular complexity index is 120. The smallest absolute Gasteiger partial charge is 0.00668 e. The molecule has 0 rings (SSSR count). The quantitative estimate of drug-likeness (QED) is 0.572. The van der Waals surface area contributed by atoms with Gasteiger partial charge < -0.3 is 4.90 Å². The van der Waals surface area contributed by atoms with Crippen molar-refractivity contribution in [2.24, 2.45) is 5.92 Å². The van der Waals surface area contributed by atoms with E-state index in [-0.39, 0.29) is 0 Å². The molecule has 0 aromatic heterocycles. The van der Waals surface area contributed by atoms with Gasteiger partial charge in [-0.1, -0.05) is 34.1 Å². The normalized spacial score (nSPS) is 13.9. The summed E-state index contributed by atoms with van der Waals surface area (Å²) in [5, 5.41) is 0. The zero-order chi connectivity index (χ0) is 11.0. The molecule has 0 spiro atoms. The highest BCUT2D eigenvalue weighted by Gasteiger charge is 2.11. The van der Waals surface area contributed by atoms with Gasteiger partial charge in [-0.2, -0.15) is 0 Å². The Morgan fingerprint density at radius 3 is 1.93 bits per heavy atom. The summed E-state index contributed by atoms with van der Waals surface area (Å²) in [4.78, 5) is 2.66. The average Bonchev–Trinajstić information content (AvgIpc) is 2.12. The number of hydrogen-bond acceptors (Lipinski definition) is 1. The van der Waals surface area contributed by atoms with Crippen molar-refractivity contribution in [3.05, 3.63) is 0 Å². The Hall–Kier alpha value is -0.0400. The molecule has 0 bridgehead atoms. The Morgan fingerprint density at radius 1 is 0.857 bits per heavy atom. The molecular weight excluding hydrogens is 170 g/mol. The van der Waals surface area contributed by atoms with Crippen LogP contribution in [0.2, 0.25) is 0 Å². The minimum Gasteiger partial charge on any atom is -0.301 e. The molecule has 0 saturated heterocycles. The molecule has 1 nitrogen and oxygen atoms in total. The third kappa shape index (κ3) is 6.42. The van der Waals surface area contributed by atoms with Crippen LogP contribution >= 0.6 is 0 Å². The van der Waals surface area contributed by atoms with Gasteiger partial charge in [-0.3, -0.25) is 0 Å². The predicted molar refractivity (Wildman–Crippen MR) is 65.7 cm³/mol. The molecule has 0 heterocycles. The van der Waals surface area contributed by atoms with Crippen LogP contribution in [0.4, 0.5) is 0 Å². The molecule has 0 saturated carbocycles. The van der Waals surface area contributed by atoms with Gasteiger partial charge in [0.15, 0.2) is 0 Å². The van der Waals surface area contributed by atoms with Crippen molar-refractivity contribution in [2.45, 2.75) is 66.3 Å². The van der Waals surface area contributed by atoms with Gasteiger partial charge in [0.25, 0.3) is 0 Å². The highest BCUT2D eigenvalue weighted by Crippen LogP contribution is 2.10. The highest BCUT2D eigenvalue weighted by atomic mass is 15.1. The molecule has 1 atom stereocenters. The number of hydrogen-bond donors (Lipinski definition) is 0. The minimum atomic E-state index is 0.777. The van der Waals surface area contributed by atoms with E-state index in [1.807, 2.05) is 0 Å². The fourth-order valence-electron chi connectivity index (χ4n) is 1.86. The van der Waals surface area contributed by atoms with Crippen LogP contribution in [0.3, 0.4) is 0 Å². The third-order valence-corrected chi connectivity index (χ3v) is 2.83. The van der Waals surface area contributed by atoms with E-state index in [1.165, 1.54) is 38.8 Å². The van der Waals surface area contributed by atoms with Crippen LogP contribution in [-0.4, -0.2) is 24.0 Å². The van der Waals surface area contributed by atoms with Gasteiger partial charge in [-0.15, -0.1) is 0 Å². The predicted octanol–water partition coefficient (Wildman–Crippen LogP) is 3.93. The van der Waals surface area contributed by atoms with Crippen molar-refractivity contribution in [3.63, 3.8) is 0 Å². The molecule has 1 heteroatoms. The van der Waals surface area contributed by atoms with Crippen LogP contribution in [0.1, 0.15) is 60.3 Å². The summed E-state index contributed by atoms with van der Waals surface area (Å²) in [6.07, 6.45) is 5.28. The van der Waals surface area contributed by atoms with Gasteiger partial charge in [-0.25, -0.2) is 0 Å². The van der Waals surface area contributed by atoms with E-state index in [4.69, 9.17) is 0 Å². The van der Waals surface area contributed by atoms with Crippen molar-refractivity contribution in [3.8, 4) is 0 Å². The molecule has 86 valence electrons. The SMILES string of the molecule is CCCC(C)N(CCC)CCC(C)C. The number of rotatable bonds is 8. The van der Waals surface area contributed by atoms with E-state index >= 15 is 0 Å². The second-order valence-corrected chi connectivity index (χ2v) is 4.86. The average molecular weight is 199 g/mol. The van der Waals surface area contributed by atoms with Crippen molar-refractivity contribution in [2.75, 3.05) is 13.1 Å². The monoisotopic (exact) mass is 199 g/mol. The van der Waals surface area contributed by atoms with Crippen LogP contribution in [0.5, 0.6) is 0 Å². The third-order valence-electron chi connectivity index (χ3n) is 2.83. The lowest BCUT2D eigenvalue weighted by Gasteiger charge is -2.29. The van der Waals surface area contributed by atoms with E-state index in [2.05, 4.69) is 39.5 Å². The van der Waals surface area contributed by atoms with E-state index in [1.54, 1.807) is 0 Å². The molecule has 0 amide bonds. The maximum Gasteiger partial charge on any atom is 0.00668 e. The Labute approximate surface area is 90.9 Å². The molecule has 0 aliphatic heterocycles. The molecule has 0 fully saturated rings. The number of nitrogens with zero attached hydrogens (tertiary/aromatic N) is 1. The summed E-state index contributed by atoms with van der Waals surface area (Å²) >= 11 is 0. The second-order valence-electron chi connectivity index (χ2n) is 4.86. The molecule has 14 heavy (non-hydrogen) atoms. The molecule has 0 radical (unpaired) electrons. The van der Waals surface area contributed by atoms with Crippen LogP contribution in [0.15, 0.2) is 0 Å². The summed E-state index contributed by atoms with van der Waals surface area (Å²) in [5.74, 6) is 0.836. The first-order chi connectivity index (χ1) is 6.61. The molecule has 0 N–H and O–H groups in total. The molecule has 0 aromatic rings. The Kier molecular flexibility index (Phi) is 8.26. The van der Waals surface area contributed by atoms with Gasteiger partial charge in [0.1, 0.15) is 0 Å². The standard InChI is InChI=1S/C13H29N/c1-6-8-13(5)14(10-7-2)11-9-12(3)4/h12-13H,6-11H2,1-5H3. The largest absolute Gasteiger partial charge is 0.301 e. The maximum atomic E-state index is 2.66.